The normalized spacial score (nSPS) is 15.8. The van der Waals surface area contributed by atoms with Gasteiger partial charge in [-0.1, -0.05) is 37.3 Å². The highest BCUT2D eigenvalue weighted by Crippen LogP contribution is 2.35. The summed E-state index contributed by atoms with van der Waals surface area (Å²) < 4.78 is 12.7. The third kappa shape index (κ3) is 5.33. The van der Waals surface area contributed by atoms with Crippen molar-refractivity contribution in [2.24, 2.45) is 11.0 Å². The zero-order valence-electron chi connectivity index (χ0n) is 21.6. The largest absolute Gasteiger partial charge is 0.493 e. The molecule has 0 spiro atoms. The van der Waals surface area contributed by atoms with E-state index >= 15 is 0 Å². The van der Waals surface area contributed by atoms with Crippen molar-refractivity contribution < 1.29 is 14.3 Å². The van der Waals surface area contributed by atoms with Crippen molar-refractivity contribution in [1.29, 1.82) is 0 Å². The monoisotopic (exact) mass is 530 g/mol. The fraction of sp³-hybridized carbons (Fsp3) is 0.310. The summed E-state index contributed by atoms with van der Waals surface area (Å²) in [6.07, 6.45) is 5.90. The first-order valence-electron chi connectivity index (χ1n) is 12.6. The fourth-order valence-corrected chi connectivity index (χ4v) is 5.97. The van der Waals surface area contributed by atoms with Gasteiger partial charge in [-0.15, -0.1) is 11.3 Å². The minimum atomic E-state index is -0.766. The third-order valence-electron chi connectivity index (χ3n) is 6.85. The second kappa shape index (κ2) is 11.2. The van der Waals surface area contributed by atoms with Crippen molar-refractivity contribution >= 4 is 33.7 Å². The molecule has 2 aromatic carbocycles. The minimum Gasteiger partial charge on any atom is -0.493 e. The van der Waals surface area contributed by atoms with Gasteiger partial charge in [0, 0.05) is 4.88 Å². The topological polar surface area (TPSA) is 94.8 Å². The lowest BCUT2D eigenvalue weighted by molar-refractivity contribution is -0.123. The summed E-state index contributed by atoms with van der Waals surface area (Å²) in [5.41, 5.74) is 5.24. The van der Waals surface area contributed by atoms with Gasteiger partial charge in [0.15, 0.2) is 11.5 Å². The lowest BCUT2D eigenvalue weighted by Crippen LogP contribution is -2.34. The molecule has 0 fully saturated rings. The molecule has 8 nitrogen and oxygen atoms in total. The van der Waals surface area contributed by atoms with E-state index in [1.165, 1.54) is 22.0 Å². The van der Waals surface area contributed by atoms with Gasteiger partial charge < -0.3 is 9.47 Å². The second-order valence-corrected chi connectivity index (χ2v) is 10.7. The van der Waals surface area contributed by atoms with Crippen LogP contribution < -0.4 is 20.5 Å². The van der Waals surface area contributed by atoms with E-state index in [1.54, 1.807) is 37.5 Å². The molecule has 0 aliphatic heterocycles. The lowest BCUT2D eigenvalue weighted by atomic mass is 9.89. The lowest BCUT2D eigenvalue weighted by Gasteiger charge is -2.18. The number of hydrazone groups is 1. The van der Waals surface area contributed by atoms with Gasteiger partial charge in [0.2, 0.25) is 0 Å². The maximum atomic E-state index is 13.3. The molecule has 1 amide bonds. The summed E-state index contributed by atoms with van der Waals surface area (Å²) >= 11 is 1.60. The first-order valence-corrected chi connectivity index (χ1v) is 13.4. The van der Waals surface area contributed by atoms with Crippen LogP contribution in [-0.4, -0.2) is 28.8 Å². The van der Waals surface area contributed by atoms with Crippen LogP contribution in [-0.2, 0) is 24.2 Å². The summed E-state index contributed by atoms with van der Waals surface area (Å²) in [6, 6.07) is 14.5. The van der Waals surface area contributed by atoms with Gasteiger partial charge >= 0.3 is 0 Å². The van der Waals surface area contributed by atoms with Gasteiger partial charge in [-0.2, -0.15) is 5.10 Å². The molecular weight excluding hydrogens is 500 g/mol. The number of nitrogens with one attached hydrogen (secondary N) is 1. The molecule has 1 N–H and O–H groups in total. The Kier molecular flexibility index (Phi) is 7.55. The van der Waals surface area contributed by atoms with Crippen molar-refractivity contribution in [2.75, 3.05) is 7.11 Å². The van der Waals surface area contributed by atoms with Crippen molar-refractivity contribution in [2.45, 2.75) is 45.8 Å². The first kappa shape index (κ1) is 25.7. The van der Waals surface area contributed by atoms with E-state index in [2.05, 4.69) is 22.4 Å². The summed E-state index contributed by atoms with van der Waals surface area (Å²) in [5, 5.41) is 4.75. The molecule has 0 saturated heterocycles. The number of fused-ring (bicyclic) bond motifs is 3. The molecule has 0 unspecified atom stereocenters. The Morgan fingerprint density at radius 2 is 2.08 bits per heavy atom. The molecule has 0 radical (unpaired) electrons. The van der Waals surface area contributed by atoms with E-state index in [0.717, 1.165) is 40.8 Å². The average Bonchev–Trinajstić information content (AvgIpc) is 3.30. The Morgan fingerprint density at radius 1 is 1.26 bits per heavy atom. The Balaban J connectivity index is 1.26. The number of benzene rings is 2. The van der Waals surface area contributed by atoms with Gasteiger partial charge in [0.05, 0.1) is 25.0 Å². The minimum absolute atomic E-state index is 0.176. The van der Waals surface area contributed by atoms with E-state index in [4.69, 9.17) is 9.47 Å². The zero-order chi connectivity index (χ0) is 26.6. The number of carbonyl (C=O) groups is 1. The molecule has 0 bridgehead atoms. The molecular formula is C29H30N4O4S. The number of ether oxygens (including phenoxy) is 2. The van der Waals surface area contributed by atoms with Crippen LogP contribution in [0.1, 0.15) is 47.9 Å². The predicted octanol–water partition coefficient (Wildman–Crippen LogP) is 4.88. The molecule has 1 aliphatic rings. The molecule has 196 valence electrons. The Hall–Kier alpha value is -3.98. The quantitative estimate of drug-likeness (QED) is 0.259. The van der Waals surface area contributed by atoms with Crippen LogP contribution in [0.15, 0.2) is 64.8 Å². The third-order valence-corrected chi connectivity index (χ3v) is 8.01. The molecule has 1 aliphatic carbocycles. The number of hydrogen-bond acceptors (Lipinski definition) is 7. The molecule has 0 saturated carbocycles. The van der Waals surface area contributed by atoms with Gasteiger partial charge in [0.1, 0.15) is 17.5 Å². The highest BCUT2D eigenvalue weighted by Gasteiger charge is 2.25. The maximum absolute atomic E-state index is 13.3. The van der Waals surface area contributed by atoms with Crippen molar-refractivity contribution in [3.8, 4) is 11.5 Å². The number of amides is 1. The van der Waals surface area contributed by atoms with E-state index in [1.807, 2.05) is 36.4 Å². The first-order chi connectivity index (χ1) is 18.4. The highest BCUT2D eigenvalue weighted by molar-refractivity contribution is 7.18. The van der Waals surface area contributed by atoms with Gasteiger partial charge in [-0.3, -0.25) is 14.2 Å². The molecule has 2 heterocycles. The van der Waals surface area contributed by atoms with Crippen LogP contribution in [0, 0.1) is 5.92 Å². The smallest absolute Gasteiger partial charge is 0.263 e. The van der Waals surface area contributed by atoms with E-state index in [-0.39, 0.29) is 5.56 Å². The Morgan fingerprint density at radius 3 is 2.87 bits per heavy atom. The number of carbonyl (C=O) groups excluding carboxylic acids is 1. The van der Waals surface area contributed by atoms with Crippen LogP contribution in [0.4, 0.5) is 0 Å². The molecule has 2 atom stereocenters. The van der Waals surface area contributed by atoms with Crippen LogP contribution in [0.25, 0.3) is 10.2 Å². The Bertz CT molecular complexity index is 1540. The van der Waals surface area contributed by atoms with Gasteiger partial charge in [-0.25, -0.2) is 10.4 Å². The molecule has 2 aromatic heterocycles. The van der Waals surface area contributed by atoms with E-state index in [0.29, 0.717) is 29.4 Å². The van der Waals surface area contributed by atoms with Crippen molar-refractivity contribution in [3.63, 3.8) is 0 Å². The SMILES string of the molecule is COc1cc(/C=N\NC(=O)[C@@H](C)n2cnc3sc4c(c3c2=O)CC[C@H](C)C4)ccc1OCc1ccccc1. The van der Waals surface area contributed by atoms with Gasteiger partial charge in [-0.05, 0) is 67.0 Å². The molecule has 4 aromatic rings. The van der Waals surface area contributed by atoms with Crippen molar-refractivity contribution in [1.82, 2.24) is 15.0 Å². The summed E-state index contributed by atoms with van der Waals surface area (Å²) in [5.74, 6) is 1.37. The van der Waals surface area contributed by atoms with Gasteiger partial charge in [0.25, 0.3) is 11.5 Å². The fourth-order valence-electron chi connectivity index (χ4n) is 4.63. The Labute approximate surface area is 224 Å². The number of aromatic nitrogens is 2. The highest BCUT2D eigenvalue weighted by atomic mass is 32.1. The summed E-state index contributed by atoms with van der Waals surface area (Å²) in [6.45, 7) is 4.32. The molecule has 5 rings (SSSR count). The predicted molar refractivity (Wildman–Crippen MR) is 149 cm³/mol. The van der Waals surface area contributed by atoms with Crippen LogP contribution in [0.3, 0.4) is 0 Å². The van der Waals surface area contributed by atoms with Crippen LogP contribution in [0.2, 0.25) is 0 Å². The summed E-state index contributed by atoms with van der Waals surface area (Å²) in [4.78, 5) is 32.6. The van der Waals surface area contributed by atoms with Crippen molar-refractivity contribution in [3.05, 3.63) is 86.8 Å². The number of nitrogens with zero attached hydrogens (tertiary/aromatic N) is 3. The van der Waals surface area contributed by atoms with Crippen LogP contribution >= 0.6 is 11.3 Å². The number of rotatable bonds is 8. The average molecular weight is 531 g/mol. The standard InChI is InChI=1S/C29H30N4O4S/c1-18-9-11-22-25(13-18)38-28-26(22)29(35)33(17-30-28)19(2)27(34)32-31-15-21-10-12-23(24(14-21)36-3)37-16-20-7-5-4-6-8-20/h4-8,10,12,14-15,17-19H,9,11,13,16H2,1-3H3,(H,32,34)/b31-15-/t18-,19+/m0/s1. The van der Waals surface area contributed by atoms with E-state index in [9.17, 15) is 9.59 Å². The van der Waals surface area contributed by atoms with Crippen LogP contribution in [0.5, 0.6) is 11.5 Å². The summed E-state index contributed by atoms with van der Waals surface area (Å²) in [7, 11) is 1.57. The second-order valence-electron chi connectivity index (χ2n) is 9.58. The number of aryl methyl sites for hydroxylation is 1. The van der Waals surface area contributed by atoms with E-state index < -0.39 is 11.9 Å². The zero-order valence-corrected chi connectivity index (χ0v) is 22.5. The number of methoxy groups -OCH3 is 1. The maximum Gasteiger partial charge on any atom is 0.263 e. The number of hydrogen-bond donors (Lipinski definition) is 1. The number of thiophene rings is 1. The molecule has 38 heavy (non-hydrogen) atoms. The molecule has 9 heteroatoms.